The first-order valence-electron chi connectivity index (χ1n) is 10.0. The predicted molar refractivity (Wildman–Crippen MR) is 116 cm³/mol. The lowest BCUT2D eigenvalue weighted by Crippen LogP contribution is -2.12. The zero-order valence-corrected chi connectivity index (χ0v) is 17.6. The number of aromatic nitrogens is 2. The van der Waals surface area contributed by atoms with Crippen molar-refractivity contribution in [2.45, 2.75) is 33.4 Å². The van der Waals surface area contributed by atoms with Gasteiger partial charge in [-0.05, 0) is 49.1 Å². The summed E-state index contributed by atoms with van der Waals surface area (Å²) in [4.78, 5) is 7.94. The minimum Gasteiger partial charge on any atom is -0.494 e. The van der Waals surface area contributed by atoms with E-state index in [0.717, 1.165) is 12.6 Å². The van der Waals surface area contributed by atoms with Crippen molar-refractivity contribution in [1.82, 2.24) is 9.97 Å². The van der Waals surface area contributed by atoms with E-state index in [0.29, 0.717) is 29.6 Å². The molecule has 1 aromatic heterocycles. The second kappa shape index (κ2) is 9.68. The maximum Gasteiger partial charge on any atom is 0.421 e. The third-order valence-electron chi connectivity index (χ3n) is 4.36. The van der Waals surface area contributed by atoms with Crippen molar-refractivity contribution in [3.8, 4) is 5.75 Å². The third kappa shape index (κ3) is 6.34. The van der Waals surface area contributed by atoms with Crippen molar-refractivity contribution in [1.29, 1.82) is 0 Å². The van der Waals surface area contributed by atoms with Crippen LogP contribution in [0.5, 0.6) is 5.75 Å². The first-order chi connectivity index (χ1) is 14.7. The molecule has 31 heavy (non-hydrogen) atoms. The van der Waals surface area contributed by atoms with Gasteiger partial charge in [-0.3, -0.25) is 0 Å². The lowest BCUT2D eigenvalue weighted by Gasteiger charge is -2.15. The third-order valence-corrected chi connectivity index (χ3v) is 4.36. The fraction of sp³-hybridized carbons (Fsp3) is 0.304. The molecule has 3 aromatic rings. The zero-order valence-electron chi connectivity index (χ0n) is 17.6. The molecule has 0 aliphatic carbocycles. The minimum atomic E-state index is -4.60. The van der Waals surface area contributed by atoms with E-state index in [2.05, 4.69) is 34.4 Å². The Balaban J connectivity index is 1.85. The van der Waals surface area contributed by atoms with Gasteiger partial charge in [-0.25, -0.2) is 4.98 Å². The molecule has 8 heteroatoms. The molecule has 0 aliphatic rings. The quantitative estimate of drug-likeness (QED) is 0.423. The van der Waals surface area contributed by atoms with Crippen LogP contribution < -0.4 is 15.4 Å². The Morgan fingerprint density at radius 3 is 2.39 bits per heavy atom. The highest BCUT2D eigenvalue weighted by atomic mass is 19.4. The number of nitrogens with zero attached hydrogens (tertiary/aromatic N) is 2. The molecular formula is C23H25F3N4O. The summed E-state index contributed by atoms with van der Waals surface area (Å²) >= 11 is 0. The Morgan fingerprint density at radius 1 is 1.00 bits per heavy atom. The molecule has 0 amide bonds. The van der Waals surface area contributed by atoms with Gasteiger partial charge in [-0.2, -0.15) is 18.2 Å². The molecule has 0 bridgehead atoms. The normalized spacial score (nSPS) is 11.5. The molecule has 3 rings (SSSR count). The molecule has 0 radical (unpaired) electrons. The number of benzene rings is 2. The Bertz CT molecular complexity index is 1000. The van der Waals surface area contributed by atoms with E-state index in [4.69, 9.17) is 4.74 Å². The second-order valence-corrected chi connectivity index (χ2v) is 7.46. The maximum absolute atomic E-state index is 13.5. The van der Waals surface area contributed by atoms with Crippen LogP contribution in [0.25, 0.3) is 0 Å². The number of ether oxygens (including phenoxy) is 1. The van der Waals surface area contributed by atoms with Crippen LogP contribution in [0.15, 0.2) is 54.7 Å². The van der Waals surface area contributed by atoms with E-state index in [-0.39, 0.29) is 11.8 Å². The van der Waals surface area contributed by atoms with E-state index in [1.807, 2.05) is 31.2 Å². The number of hydrogen-bond donors (Lipinski definition) is 2. The molecule has 2 N–H and O–H groups in total. The van der Waals surface area contributed by atoms with Crippen molar-refractivity contribution in [3.05, 3.63) is 65.9 Å². The van der Waals surface area contributed by atoms with Gasteiger partial charge in [0.1, 0.15) is 17.1 Å². The average molecular weight is 430 g/mol. The SMILES string of the molecule is CCOc1cccc(Nc2nc(Nc3ccc(CC(C)C)cc3)ncc2C(F)(F)F)c1. The number of hydrogen-bond acceptors (Lipinski definition) is 5. The molecule has 0 spiro atoms. The predicted octanol–water partition coefficient (Wildman–Crippen LogP) is 6.58. The van der Waals surface area contributed by atoms with Gasteiger partial charge in [0.25, 0.3) is 0 Å². The lowest BCUT2D eigenvalue weighted by atomic mass is 10.0. The molecule has 0 fully saturated rings. The topological polar surface area (TPSA) is 59.1 Å². The first-order valence-corrected chi connectivity index (χ1v) is 10.0. The van der Waals surface area contributed by atoms with Crippen LogP contribution in [0.4, 0.5) is 36.3 Å². The van der Waals surface area contributed by atoms with Crippen LogP contribution >= 0.6 is 0 Å². The summed E-state index contributed by atoms with van der Waals surface area (Å²) in [7, 11) is 0. The monoisotopic (exact) mass is 430 g/mol. The Kier molecular flexibility index (Phi) is 6.99. The Morgan fingerprint density at radius 2 is 1.74 bits per heavy atom. The number of halogens is 3. The van der Waals surface area contributed by atoms with Gasteiger partial charge in [-0.1, -0.05) is 32.0 Å². The second-order valence-electron chi connectivity index (χ2n) is 7.46. The average Bonchev–Trinajstić information content (AvgIpc) is 2.69. The van der Waals surface area contributed by atoms with E-state index < -0.39 is 11.7 Å². The fourth-order valence-electron chi connectivity index (χ4n) is 3.04. The molecule has 2 aromatic carbocycles. The summed E-state index contributed by atoms with van der Waals surface area (Å²) in [5.41, 5.74) is 1.35. The summed E-state index contributed by atoms with van der Waals surface area (Å²) in [6, 6.07) is 14.4. The molecule has 0 saturated heterocycles. The van der Waals surface area contributed by atoms with Crippen LogP contribution in [-0.2, 0) is 12.6 Å². The van der Waals surface area contributed by atoms with E-state index in [1.165, 1.54) is 5.56 Å². The van der Waals surface area contributed by atoms with Crippen LogP contribution in [0.1, 0.15) is 31.9 Å². The largest absolute Gasteiger partial charge is 0.494 e. The van der Waals surface area contributed by atoms with Gasteiger partial charge in [-0.15, -0.1) is 0 Å². The minimum absolute atomic E-state index is 0.0630. The number of alkyl halides is 3. The summed E-state index contributed by atoms with van der Waals surface area (Å²) in [6.07, 6.45) is -2.87. The molecule has 0 saturated carbocycles. The van der Waals surface area contributed by atoms with Gasteiger partial charge in [0.15, 0.2) is 0 Å². The van der Waals surface area contributed by atoms with Gasteiger partial charge in [0.05, 0.1) is 6.61 Å². The van der Waals surface area contributed by atoms with Crippen molar-refractivity contribution >= 4 is 23.1 Å². The highest BCUT2D eigenvalue weighted by Gasteiger charge is 2.35. The van der Waals surface area contributed by atoms with Crippen LogP contribution in [0, 0.1) is 5.92 Å². The number of rotatable bonds is 8. The van der Waals surface area contributed by atoms with Crippen LogP contribution in [0.2, 0.25) is 0 Å². The summed E-state index contributed by atoms with van der Waals surface area (Å²) in [5, 5.41) is 5.71. The van der Waals surface area contributed by atoms with Gasteiger partial charge >= 0.3 is 6.18 Å². The summed E-state index contributed by atoms with van der Waals surface area (Å²) in [5.74, 6) is 0.810. The van der Waals surface area contributed by atoms with Crippen molar-refractivity contribution in [2.75, 3.05) is 17.2 Å². The van der Waals surface area contributed by atoms with Gasteiger partial charge in [0.2, 0.25) is 5.95 Å². The Hall–Kier alpha value is -3.29. The van der Waals surface area contributed by atoms with Gasteiger partial charge in [0, 0.05) is 23.6 Å². The molecular weight excluding hydrogens is 405 g/mol. The number of anilines is 4. The highest BCUT2D eigenvalue weighted by Crippen LogP contribution is 2.35. The molecule has 5 nitrogen and oxygen atoms in total. The highest BCUT2D eigenvalue weighted by molar-refractivity contribution is 5.64. The van der Waals surface area contributed by atoms with E-state index >= 15 is 0 Å². The van der Waals surface area contributed by atoms with Crippen LogP contribution in [-0.4, -0.2) is 16.6 Å². The molecule has 0 aliphatic heterocycles. The lowest BCUT2D eigenvalue weighted by molar-refractivity contribution is -0.137. The zero-order chi connectivity index (χ0) is 22.4. The molecule has 1 heterocycles. The molecule has 164 valence electrons. The molecule has 0 unspecified atom stereocenters. The van der Waals surface area contributed by atoms with Crippen molar-refractivity contribution in [2.24, 2.45) is 5.92 Å². The van der Waals surface area contributed by atoms with Gasteiger partial charge < -0.3 is 15.4 Å². The first kappa shape index (κ1) is 22.4. The summed E-state index contributed by atoms with van der Waals surface area (Å²) < 4.78 is 45.9. The standard InChI is InChI=1S/C23H25F3N4O/c1-4-31-19-7-5-6-18(13-19)28-21-20(23(24,25)26)14-27-22(30-21)29-17-10-8-16(9-11-17)12-15(2)3/h5-11,13-15H,4,12H2,1-3H3,(H2,27,28,29,30). The van der Waals surface area contributed by atoms with E-state index in [1.54, 1.807) is 24.3 Å². The van der Waals surface area contributed by atoms with Crippen molar-refractivity contribution < 1.29 is 17.9 Å². The fourth-order valence-corrected chi connectivity index (χ4v) is 3.04. The smallest absolute Gasteiger partial charge is 0.421 e. The molecule has 0 atom stereocenters. The summed E-state index contributed by atoms with van der Waals surface area (Å²) in [6.45, 7) is 6.57. The Labute approximate surface area is 179 Å². The van der Waals surface area contributed by atoms with E-state index in [9.17, 15) is 13.2 Å². The van der Waals surface area contributed by atoms with Crippen LogP contribution in [0.3, 0.4) is 0 Å². The number of nitrogens with one attached hydrogen (secondary N) is 2. The van der Waals surface area contributed by atoms with Crippen molar-refractivity contribution in [3.63, 3.8) is 0 Å². The maximum atomic E-state index is 13.5.